The molecule has 0 nitrogen and oxygen atoms in total. The van der Waals surface area contributed by atoms with Crippen molar-refractivity contribution in [2.24, 2.45) is 11.8 Å². The first kappa shape index (κ1) is 52.2. The molecule has 8 rings (SSSR count). The SMILES string of the molecule is CCC(C)c1ccc(-c2cccc3c2C=C(CC2CCCCCC2)[CH]3[Zr]([CH3])(=[SiH2])([CH2]CC(F)(F)F)[CH]2C(CC3CCCCCC3)=Cc3c(-c4ccc(C(C)CC)cc4)cccc32)cc1.Cl.Cl. The Balaban J connectivity index is 0.00000350. The van der Waals surface area contributed by atoms with Gasteiger partial charge < -0.3 is 0 Å². The van der Waals surface area contributed by atoms with Gasteiger partial charge in [-0.1, -0.05) is 0 Å². The minimum Gasteiger partial charge on any atom is -0.147 e. The summed E-state index contributed by atoms with van der Waals surface area (Å²) in [6.07, 6.45) is 19.5. The molecule has 4 atom stereocenters. The number of rotatable bonds is 14. The van der Waals surface area contributed by atoms with Crippen molar-refractivity contribution in [1.82, 2.24) is 0 Å². The third kappa shape index (κ3) is 11.3. The smallest absolute Gasteiger partial charge is 0.147 e. The molecule has 4 aromatic rings. The van der Waals surface area contributed by atoms with Gasteiger partial charge in [-0.3, -0.25) is 0 Å². The van der Waals surface area contributed by atoms with Gasteiger partial charge in [0.05, 0.1) is 0 Å². The number of hydrogen-bond acceptors (Lipinski definition) is 0. The topological polar surface area (TPSA) is 0 Å². The van der Waals surface area contributed by atoms with Crippen molar-refractivity contribution in [1.29, 1.82) is 0 Å². The molecule has 0 aromatic heterocycles. The van der Waals surface area contributed by atoms with E-state index in [4.69, 9.17) is 0 Å². The van der Waals surface area contributed by atoms with E-state index < -0.39 is 30.0 Å². The normalized spacial score (nSPS) is 20.6. The second-order valence-electron chi connectivity index (χ2n) is 21.5. The molecule has 2 saturated carbocycles. The quantitative estimate of drug-likeness (QED) is 0.0872. The predicted molar refractivity (Wildman–Crippen MR) is 279 cm³/mol. The maximum atomic E-state index is 15.2. The van der Waals surface area contributed by atoms with E-state index in [9.17, 15) is 0 Å². The Morgan fingerprint density at radius 2 is 0.938 bits per heavy atom. The second-order valence-corrected chi connectivity index (χ2v) is 50.0. The van der Waals surface area contributed by atoms with Crippen LogP contribution < -0.4 is 0 Å². The largest absolute Gasteiger partial charge is 0.147 e. The molecular formula is C58H77Cl2F3SiZr. The third-order valence-electron chi connectivity index (χ3n) is 17.0. The van der Waals surface area contributed by atoms with Gasteiger partial charge in [-0.05, 0) is 0 Å². The Hall–Kier alpha value is -2.17. The first-order valence-electron chi connectivity index (χ1n) is 25.3. The summed E-state index contributed by atoms with van der Waals surface area (Å²) in [7, 11) is 0. The average Bonchev–Trinajstić information content (AvgIpc) is 3.60. The van der Waals surface area contributed by atoms with E-state index in [1.807, 2.05) is 0 Å². The van der Waals surface area contributed by atoms with Crippen LogP contribution in [0.3, 0.4) is 0 Å². The second kappa shape index (κ2) is 22.1. The molecule has 352 valence electrons. The van der Waals surface area contributed by atoms with Crippen molar-refractivity contribution in [3.63, 3.8) is 0 Å². The van der Waals surface area contributed by atoms with Crippen LogP contribution in [0, 0.1) is 11.8 Å². The molecule has 0 heterocycles. The van der Waals surface area contributed by atoms with Crippen molar-refractivity contribution >= 4 is 43.8 Å². The van der Waals surface area contributed by atoms with Crippen LogP contribution in [-0.4, -0.2) is 13.1 Å². The van der Waals surface area contributed by atoms with Gasteiger partial charge in [-0.15, -0.1) is 24.8 Å². The van der Waals surface area contributed by atoms with Crippen LogP contribution in [0.25, 0.3) is 34.4 Å². The fraction of sp³-hybridized carbons (Fsp3) is 0.517. The zero-order valence-corrected chi connectivity index (χ0v) is 45.6. The Kier molecular flexibility index (Phi) is 17.7. The average molecular weight is 1020 g/mol. The first-order valence-corrected chi connectivity index (χ1v) is 38.2. The van der Waals surface area contributed by atoms with Crippen molar-refractivity contribution < 1.29 is 30.6 Å². The molecule has 4 aromatic carbocycles. The molecule has 0 saturated heterocycles. The summed E-state index contributed by atoms with van der Waals surface area (Å²) in [4.78, 5) is 0. The van der Waals surface area contributed by atoms with E-state index in [2.05, 4.69) is 136 Å². The molecule has 0 radical (unpaired) electrons. The molecule has 0 bridgehead atoms. The summed E-state index contributed by atoms with van der Waals surface area (Å²) in [5.74, 6) is 2.17. The first-order chi connectivity index (χ1) is 30.3. The fourth-order valence-electron chi connectivity index (χ4n) is 13.0. The van der Waals surface area contributed by atoms with Crippen LogP contribution in [0.4, 0.5) is 13.2 Å². The van der Waals surface area contributed by atoms with Crippen LogP contribution >= 0.6 is 24.8 Å². The van der Waals surface area contributed by atoms with Gasteiger partial charge in [0.1, 0.15) is 0 Å². The van der Waals surface area contributed by atoms with Crippen molar-refractivity contribution in [2.75, 3.05) is 0 Å². The standard InChI is InChI=1S/2C27H33.C3H4F3.CH3.2ClH.H2Si.Zr/c2*1-3-20(2)23-13-15-24(16-14-23)26-12-8-11-25-18-22(19-27(25)26)17-21-9-6-4-5-7-10-21;1-2-3(4,5)6;;;;;/h2*8,11-16,18-21H,3-7,9-10,17H2,1-2H3;1-2H2;1H3;2*1H;1H2;. The summed E-state index contributed by atoms with van der Waals surface area (Å²) in [6.45, 7) is 11.3. The van der Waals surface area contributed by atoms with Gasteiger partial charge in [0, 0.05) is 0 Å². The van der Waals surface area contributed by atoms with Gasteiger partial charge >= 0.3 is 384 Å². The van der Waals surface area contributed by atoms with Gasteiger partial charge in [-0.25, -0.2) is 0 Å². The maximum absolute atomic E-state index is 15.2. The predicted octanol–water partition coefficient (Wildman–Crippen LogP) is 18.8. The maximum Gasteiger partial charge on any atom is -0.147 e. The minimum atomic E-state index is -4.86. The van der Waals surface area contributed by atoms with Crippen LogP contribution in [0.5, 0.6) is 0 Å². The number of alkyl halides is 3. The number of hydrogen-bond donors (Lipinski definition) is 0. The Bertz CT molecular complexity index is 2190. The molecule has 0 N–H and O–H groups in total. The molecule has 2 fully saturated rings. The fourth-order valence-corrected chi connectivity index (χ4v) is 36.7. The summed E-state index contributed by atoms with van der Waals surface area (Å²) >= 11 is -4.86. The van der Waals surface area contributed by atoms with Crippen LogP contribution in [0.2, 0.25) is 8.76 Å². The van der Waals surface area contributed by atoms with Crippen molar-refractivity contribution in [2.45, 2.75) is 171 Å². The number of allylic oxidation sites excluding steroid dienone is 2. The van der Waals surface area contributed by atoms with Gasteiger partial charge in [0.15, 0.2) is 0 Å². The number of fused-ring (bicyclic) bond motifs is 2. The number of halogens is 5. The molecule has 0 amide bonds. The van der Waals surface area contributed by atoms with Crippen LogP contribution in [0.1, 0.15) is 189 Å². The molecule has 4 aliphatic carbocycles. The van der Waals surface area contributed by atoms with Gasteiger partial charge in [0.2, 0.25) is 0 Å². The van der Waals surface area contributed by atoms with Crippen molar-refractivity contribution in [3.8, 4) is 22.3 Å². The molecular weight excluding hydrogens is 944 g/mol. The summed E-state index contributed by atoms with van der Waals surface area (Å²) in [6, 6.07) is 32.2. The Morgan fingerprint density at radius 1 is 0.569 bits per heavy atom. The molecule has 4 aliphatic rings. The summed E-state index contributed by atoms with van der Waals surface area (Å²) in [5, 5.41) is 0. The molecule has 4 unspecified atom stereocenters. The molecule has 0 aliphatic heterocycles. The van der Waals surface area contributed by atoms with E-state index in [1.54, 1.807) is 0 Å². The van der Waals surface area contributed by atoms with Crippen molar-refractivity contribution in [3.05, 3.63) is 129 Å². The summed E-state index contributed by atoms with van der Waals surface area (Å²) < 4.78 is 48.4. The Labute approximate surface area is 405 Å². The molecule has 0 spiro atoms. The van der Waals surface area contributed by atoms with E-state index in [0.717, 1.165) is 25.7 Å². The van der Waals surface area contributed by atoms with Gasteiger partial charge in [0.25, 0.3) is 0 Å². The van der Waals surface area contributed by atoms with E-state index in [-0.39, 0.29) is 36.2 Å². The monoisotopic (exact) mass is 1020 g/mol. The minimum absolute atomic E-state index is 0. The number of benzene rings is 4. The molecule has 7 heteroatoms. The van der Waals surface area contributed by atoms with Crippen LogP contribution in [0.15, 0.2) is 96.1 Å². The summed E-state index contributed by atoms with van der Waals surface area (Å²) in [5.41, 5.74) is 15.8. The van der Waals surface area contributed by atoms with E-state index in [0.29, 0.717) is 23.7 Å². The molecule has 65 heavy (non-hydrogen) atoms. The Morgan fingerprint density at radius 3 is 1.28 bits per heavy atom. The zero-order chi connectivity index (χ0) is 44.4. The third-order valence-corrected chi connectivity index (χ3v) is 39.9. The van der Waals surface area contributed by atoms with Crippen LogP contribution in [-0.2, 0) is 17.4 Å². The van der Waals surface area contributed by atoms with E-state index in [1.165, 1.54) is 144 Å². The van der Waals surface area contributed by atoms with Gasteiger partial charge in [-0.2, -0.15) is 0 Å². The van der Waals surface area contributed by atoms with E-state index >= 15 is 13.2 Å². The zero-order valence-electron chi connectivity index (χ0n) is 40.1.